The van der Waals surface area contributed by atoms with Crippen molar-refractivity contribution in [2.45, 2.75) is 27.3 Å². The maximum atomic E-state index is 12.9. The van der Waals surface area contributed by atoms with Gasteiger partial charge in [0.05, 0.1) is 0 Å². The maximum Gasteiger partial charge on any atom is 1.00 e. The van der Waals surface area contributed by atoms with Gasteiger partial charge in [-0.2, -0.15) is 0 Å². The van der Waals surface area contributed by atoms with Crippen molar-refractivity contribution < 1.29 is 64.3 Å². The van der Waals surface area contributed by atoms with Crippen molar-refractivity contribution in [2.75, 3.05) is 5.73 Å². The van der Waals surface area contributed by atoms with Gasteiger partial charge in [-0.15, -0.1) is 5.46 Å². The van der Waals surface area contributed by atoms with Crippen LogP contribution in [-0.2, 0) is 6.54 Å². The van der Waals surface area contributed by atoms with E-state index in [4.69, 9.17) is 11.5 Å². The minimum Gasteiger partial charge on any atom is -0.445 e. The van der Waals surface area contributed by atoms with E-state index >= 15 is 0 Å². The van der Waals surface area contributed by atoms with Gasteiger partial charge in [0.1, 0.15) is 0 Å². The summed E-state index contributed by atoms with van der Waals surface area (Å²) in [4.78, 5) is 0. The summed E-state index contributed by atoms with van der Waals surface area (Å²) in [7, 11) is 0. The van der Waals surface area contributed by atoms with Crippen LogP contribution < -0.4 is 68.3 Å². The fourth-order valence-corrected chi connectivity index (χ4v) is 2.11. The van der Waals surface area contributed by atoms with Crippen molar-refractivity contribution in [1.29, 1.82) is 0 Å². The molecule has 1 rings (SSSR count). The van der Waals surface area contributed by atoms with E-state index in [1.807, 2.05) is 0 Å². The molecular formula is C10H15BF3KN2. The second kappa shape index (κ2) is 6.08. The van der Waals surface area contributed by atoms with Crippen molar-refractivity contribution >= 4 is 18.1 Å². The van der Waals surface area contributed by atoms with Crippen LogP contribution in [0, 0.1) is 20.8 Å². The number of benzene rings is 1. The number of nitrogens with two attached hydrogens (primary N) is 2. The second-order valence-corrected chi connectivity index (χ2v) is 3.96. The monoisotopic (exact) mass is 270 g/mol. The normalized spacial score (nSPS) is 11.2. The Balaban J connectivity index is 0.00000256. The number of anilines is 1. The van der Waals surface area contributed by atoms with E-state index in [9.17, 15) is 12.9 Å². The Morgan fingerprint density at radius 2 is 1.47 bits per heavy atom. The third-order valence-electron chi connectivity index (χ3n) is 3.05. The first-order valence-corrected chi connectivity index (χ1v) is 4.99. The Kier molecular flexibility index (Phi) is 6.25. The first-order chi connectivity index (χ1) is 7.21. The van der Waals surface area contributed by atoms with E-state index < -0.39 is 12.4 Å². The topological polar surface area (TPSA) is 52.0 Å². The van der Waals surface area contributed by atoms with Gasteiger partial charge in [0.15, 0.2) is 0 Å². The molecule has 0 saturated carbocycles. The Morgan fingerprint density at radius 3 is 1.82 bits per heavy atom. The molecule has 0 fully saturated rings. The van der Waals surface area contributed by atoms with Crippen LogP contribution in [0.25, 0.3) is 0 Å². The largest absolute Gasteiger partial charge is 1.00 e. The molecule has 0 radical (unpaired) electrons. The SMILES string of the molecule is Cc1c(N)c(C)c([B-](F)(F)F)c(C)c1CN.[K+]. The van der Waals surface area contributed by atoms with E-state index in [1.165, 1.54) is 13.8 Å². The van der Waals surface area contributed by atoms with E-state index in [1.54, 1.807) is 6.92 Å². The smallest absolute Gasteiger partial charge is 0.445 e. The molecule has 4 N–H and O–H groups in total. The standard InChI is InChI=1S/C10H15BF3N2.K/c1-5-8(4-15)6(2)10(16)7(3)9(5)11(12,13)14;/h4,15-16H2,1-3H3;/q-1;+1. The molecule has 0 bridgehead atoms. The van der Waals surface area contributed by atoms with Crippen molar-refractivity contribution in [3.8, 4) is 0 Å². The van der Waals surface area contributed by atoms with Gasteiger partial charge in [-0.1, -0.05) is 11.1 Å². The van der Waals surface area contributed by atoms with Crippen LogP contribution in [0.4, 0.5) is 18.6 Å². The van der Waals surface area contributed by atoms with Gasteiger partial charge >= 0.3 is 58.4 Å². The average Bonchev–Trinajstić information content (AvgIpc) is 2.13. The third kappa shape index (κ3) is 3.27. The molecule has 0 amide bonds. The van der Waals surface area contributed by atoms with E-state index in [0.29, 0.717) is 11.1 Å². The molecule has 2 nitrogen and oxygen atoms in total. The van der Waals surface area contributed by atoms with E-state index in [-0.39, 0.29) is 74.7 Å². The number of hydrogen-bond donors (Lipinski definition) is 2. The summed E-state index contributed by atoms with van der Waals surface area (Å²) in [5.74, 6) is 0. The number of halogens is 3. The summed E-state index contributed by atoms with van der Waals surface area (Å²) in [5, 5.41) is 0. The molecule has 0 aliphatic rings. The second-order valence-electron chi connectivity index (χ2n) is 3.96. The summed E-state index contributed by atoms with van der Waals surface area (Å²) in [6, 6.07) is 0. The molecule has 17 heavy (non-hydrogen) atoms. The van der Waals surface area contributed by atoms with Crippen LogP contribution in [0.15, 0.2) is 0 Å². The molecule has 0 aliphatic carbocycles. The Labute approximate surface area is 142 Å². The van der Waals surface area contributed by atoms with Gasteiger partial charge < -0.3 is 24.4 Å². The van der Waals surface area contributed by atoms with Crippen LogP contribution in [0.3, 0.4) is 0 Å². The van der Waals surface area contributed by atoms with Crippen LogP contribution in [0.5, 0.6) is 0 Å². The third-order valence-corrected chi connectivity index (χ3v) is 3.05. The van der Waals surface area contributed by atoms with Gasteiger partial charge in [0.25, 0.3) is 0 Å². The maximum absolute atomic E-state index is 12.9. The quantitative estimate of drug-likeness (QED) is 0.519. The van der Waals surface area contributed by atoms with Gasteiger partial charge in [-0.3, -0.25) is 0 Å². The summed E-state index contributed by atoms with van der Waals surface area (Å²) < 4.78 is 38.7. The van der Waals surface area contributed by atoms with Crippen molar-refractivity contribution in [3.63, 3.8) is 0 Å². The van der Waals surface area contributed by atoms with Crippen molar-refractivity contribution in [3.05, 3.63) is 22.3 Å². The average molecular weight is 270 g/mol. The predicted octanol–water partition coefficient (Wildman–Crippen LogP) is -1.29. The molecule has 0 unspecified atom stereocenters. The van der Waals surface area contributed by atoms with Crippen LogP contribution in [-0.4, -0.2) is 6.98 Å². The summed E-state index contributed by atoms with van der Waals surface area (Å²) >= 11 is 0. The van der Waals surface area contributed by atoms with Gasteiger partial charge in [-0.05, 0) is 31.9 Å². The van der Waals surface area contributed by atoms with Crippen molar-refractivity contribution in [1.82, 2.24) is 0 Å². The molecule has 1 aromatic rings. The summed E-state index contributed by atoms with van der Waals surface area (Å²) in [6.45, 7) is -0.428. The van der Waals surface area contributed by atoms with Crippen LogP contribution in [0.1, 0.15) is 22.3 Å². The minimum atomic E-state index is -5.05. The predicted molar refractivity (Wildman–Crippen MR) is 61.7 cm³/mol. The van der Waals surface area contributed by atoms with Gasteiger partial charge in [0.2, 0.25) is 0 Å². The molecule has 0 aliphatic heterocycles. The molecule has 0 atom stereocenters. The van der Waals surface area contributed by atoms with Gasteiger partial charge in [-0.25, -0.2) is 0 Å². The fourth-order valence-electron chi connectivity index (χ4n) is 2.11. The Morgan fingerprint density at radius 1 is 1.00 bits per heavy atom. The van der Waals surface area contributed by atoms with Gasteiger partial charge in [0, 0.05) is 12.2 Å². The van der Waals surface area contributed by atoms with E-state index in [0.717, 1.165) is 0 Å². The number of nitrogen functional groups attached to an aromatic ring is 1. The first-order valence-electron chi connectivity index (χ1n) is 4.99. The van der Waals surface area contributed by atoms with E-state index in [2.05, 4.69) is 0 Å². The molecule has 0 heterocycles. The van der Waals surface area contributed by atoms with Crippen molar-refractivity contribution in [2.24, 2.45) is 5.73 Å². The molecule has 0 saturated heterocycles. The molecule has 1 aromatic carbocycles. The zero-order chi connectivity index (χ0) is 12.7. The Hall–Kier alpha value is 0.471. The summed E-state index contributed by atoms with van der Waals surface area (Å²) in [6.07, 6.45) is 0. The molecule has 7 heteroatoms. The zero-order valence-electron chi connectivity index (χ0n) is 10.6. The number of rotatable bonds is 2. The Bertz CT molecular complexity index is 433. The van der Waals surface area contributed by atoms with Crippen LogP contribution >= 0.6 is 0 Å². The molecule has 90 valence electrons. The first kappa shape index (κ1) is 17.5. The fraction of sp³-hybridized carbons (Fsp3) is 0.400. The number of hydrogen-bond acceptors (Lipinski definition) is 2. The molecule has 0 spiro atoms. The molecule has 0 aromatic heterocycles. The molecular weight excluding hydrogens is 255 g/mol. The zero-order valence-corrected chi connectivity index (χ0v) is 13.7. The summed E-state index contributed by atoms with van der Waals surface area (Å²) in [5.41, 5.74) is 12.2. The minimum absolute atomic E-state index is 0. The van der Waals surface area contributed by atoms with Crippen LogP contribution in [0.2, 0.25) is 0 Å².